The van der Waals surface area contributed by atoms with Gasteiger partial charge in [-0.2, -0.15) is 0 Å². The van der Waals surface area contributed by atoms with Crippen LogP contribution in [0.25, 0.3) is 0 Å². The molecule has 1 aliphatic heterocycles. The molecular formula is C24H18ClN3O5S. The quantitative estimate of drug-likeness (QED) is 0.552. The van der Waals surface area contributed by atoms with Crippen LogP contribution in [0.1, 0.15) is 43.9 Å². The maximum absolute atomic E-state index is 13.0. The Labute approximate surface area is 200 Å². The van der Waals surface area contributed by atoms with Crippen LogP contribution in [0, 0.1) is 0 Å². The minimum atomic E-state index is -3.99. The number of nitrogens with one attached hydrogen (secondary N) is 2. The highest BCUT2D eigenvalue weighted by molar-refractivity contribution is 7.90. The van der Waals surface area contributed by atoms with E-state index in [1.54, 1.807) is 48.5 Å². The van der Waals surface area contributed by atoms with E-state index in [9.17, 15) is 22.8 Å². The van der Waals surface area contributed by atoms with Gasteiger partial charge in [-0.15, -0.1) is 0 Å². The van der Waals surface area contributed by atoms with Crippen molar-refractivity contribution in [1.82, 2.24) is 4.31 Å². The molecule has 3 amide bonds. The number of rotatable bonds is 5. The van der Waals surface area contributed by atoms with Gasteiger partial charge in [-0.25, -0.2) is 12.7 Å². The Morgan fingerprint density at radius 2 is 1.62 bits per heavy atom. The van der Waals surface area contributed by atoms with Gasteiger partial charge in [-0.05, 0) is 67.4 Å². The minimum absolute atomic E-state index is 0.0562. The highest BCUT2D eigenvalue weighted by Gasteiger charge is 2.48. The summed E-state index contributed by atoms with van der Waals surface area (Å²) in [6.07, 6.45) is 1.28. The Kier molecular flexibility index (Phi) is 5.38. The summed E-state index contributed by atoms with van der Waals surface area (Å²) < 4.78 is 26.6. The van der Waals surface area contributed by atoms with Crippen molar-refractivity contribution in [3.63, 3.8) is 0 Å². The number of carbonyl (C=O) groups is 3. The summed E-state index contributed by atoms with van der Waals surface area (Å²) in [7, 11) is -3.99. The molecule has 0 unspecified atom stereocenters. The first-order valence-corrected chi connectivity index (χ1v) is 12.3. The van der Waals surface area contributed by atoms with Crippen molar-refractivity contribution in [1.29, 1.82) is 0 Å². The van der Waals surface area contributed by atoms with E-state index in [4.69, 9.17) is 11.6 Å². The Bertz CT molecular complexity index is 1450. The zero-order valence-corrected chi connectivity index (χ0v) is 19.2. The number of benzene rings is 3. The molecule has 0 saturated heterocycles. The molecule has 0 spiro atoms. The Balaban J connectivity index is 1.39. The summed E-state index contributed by atoms with van der Waals surface area (Å²) in [6, 6.07) is 16.7. The Morgan fingerprint density at radius 3 is 2.32 bits per heavy atom. The van der Waals surface area contributed by atoms with Crippen LogP contribution in [0.4, 0.5) is 11.4 Å². The summed E-state index contributed by atoms with van der Waals surface area (Å²) in [4.78, 5) is 38.1. The van der Waals surface area contributed by atoms with E-state index < -0.39 is 27.7 Å². The summed E-state index contributed by atoms with van der Waals surface area (Å²) >= 11 is 5.87. The number of sulfonamides is 1. The van der Waals surface area contributed by atoms with Crippen molar-refractivity contribution in [2.45, 2.75) is 23.8 Å². The second-order valence-electron chi connectivity index (χ2n) is 8.01. The molecule has 34 heavy (non-hydrogen) atoms. The van der Waals surface area contributed by atoms with E-state index in [0.29, 0.717) is 23.6 Å². The van der Waals surface area contributed by atoms with Crippen molar-refractivity contribution in [2.75, 3.05) is 10.6 Å². The Morgan fingerprint density at radius 1 is 0.912 bits per heavy atom. The second-order valence-corrected chi connectivity index (χ2v) is 10.2. The number of para-hydroxylation sites is 1. The van der Waals surface area contributed by atoms with Crippen molar-refractivity contribution < 1.29 is 22.8 Å². The smallest absolute Gasteiger partial charge is 0.269 e. The number of nitrogens with zero attached hydrogens (tertiary/aromatic N) is 1. The van der Waals surface area contributed by atoms with Gasteiger partial charge in [-0.1, -0.05) is 23.7 Å². The van der Waals surface area contributed by atoms with Crippen LogP contribution in [0.5, 0.6) is 0 Å². The van der Waals surface area contributed by atoms with Crippen LogP contribution in [0.3, 0.4) is 0 Å². The molecule has 2 N–H and O–H groups in total. The van der Waals surface area contributed by atoms with Crippen LogP contribution in [0.15, 0.2) is 71.6 Å². The van der Waals surface area contributed by atoms with Crippen molar-refractivity contribution >= 4 is 50.7 Å². The van der Waals surface area contributed by atoms with Gasteiger partial charge in [-0.3, -0.25) is 14.4 Å². The standard InChI is InChI=1S/C24H18ClN3O5S/c25-15-6-8-16(9-7-15)26-23(30)18-3-1-2-4-20(18)27-22(29)14-5-12-19-21(13-14)34(32,33)28(24(19)31)17-10-11-17/h1-9,12-13,17H,10-11H2,(H,26,30)(H,27,29). The van der Waals surface area contributed by atoms with Gasteiger partial charge < -0.3 is 10.6 Å². The van der Waals surface area contributed by atoms with Gasteiger partial charge in [0.25, 0.3) is 27.7 Å². The minimum Gasteiger partial charge on any atom is -0.322 e. The predicted molar refractivity (Wildman–Crippen MR) is 127 cm³/mol. The lowest BCUT2D eigenvalue weighted by Crippen LogP contribution is -2.31. The molecule has 3 aromatic carbocycles. The molecule has 172 valence electrons. The number of fused-ring (bicyclic) bond motifs is 1. The third kappa shape index (κ3) is 3.93. The average Bonchev–Trinajstić information content (AvgIpc) is 3.62. The Hall–Kier alpha value is -3.69. The van der Waals surface area contributed by atoms with Gasteiger partial charge in [0.15, 0.2) is 0 Å². The van der Waals surface area contributed by atoms with Crippen molar-refractivity contribution in [3.8, 4) is 0 Å². The number of hydrogen-bond donors (Lipinski definition) is 2. The molecule has 1 saturated carbocycles. The van der Waals surface area contributed by atoms with Gasteiger partial charge in [0.1, 0.15) is 4.90 Å². The fourth-order valence-corrected chi connectivity index (χ4v) is 5.74. The van der Waals surface area contributed by atoms with E-state index in [1.165, 1.54) is 18.2 Å². The van der Waals surface area contributed by atoms with Gasteiger partial charge in [0.2, 0.25) is 0 Å². The van der Waals surface area contributed by atoms with Crippen molar-refractivity contribution in [2.24, 2.45) is 0 Å². The first kappa shape index (κ1) is 22.1. The molecule has 0 bridgehead atoms. The van der Waals surface area contributed by atoms with Crippen LogP contribution in [-0.4, -0.2) is 36.5 Å². The molecule has 1 heterocycles. The van der Waals surface area contributed by atoms with E-state index >= 15 is 0 Å². The molecule has 0 atom stereocenters. The third-order valence-electron chi connectivity index (χ3n) is 5.61. The predicted octanol–water partition coefficient (Wildman–Crippen LogP) is 4.15. The lowest BCUT2D eigenvalue weighted by Gasteiger charge is -2.13. The first-order valence-electron chi connectivity index (χ1n) is 10.5. The van der Waals surface area contributed by atoms with Crippen LogP contribution in [-0.2, 0) is 10.0 Å². The zero-order chi connectivity index (χ0) is 24.0. The highest BCUT2D eigenvalue weighted by atomic mass is 35.5. The lowest BCUT2D eigenvalue weighted by atomic mass is 10.1. The topological polar surface area (TPSA) is 113 Å². The largest absolute Gasteiger partial charge is 0.322 e. The number of amides is 3. The molecule has 10 heteroatoms. The monoisotopic (exact) mass is 495 g/mol. The van der Waals surface area contributed by atoms with E-state index in [-0.39, 0.29) is 33.3 Å². The normalized spacial score (nSPS) is 16.1. The van der Waals surface area contributed by atoms with Crippen LogP contribution >= 0.6 is 11.6 Å². The van der Waals surface area contributed by atoms with E-state index in [0.717, 1.165) is 4.31 Å². The number of carbonyl (C=O) groups excluding carboxylic acids is 3. The zero-order valence-electron chi connectivity index (χ0n) is 17.6. The number of halogens is 1. The summed E-state index contributed by atoms with van der Waals surface area (Å²) in [5, 5.41) is 5.93. The second kappa shape index (κ2) is 8.27. The van der Waals surface area contributed by atoms with Gasteiger partial charge in [0, 0.05) is 22.3 Å². The molecule has 1 aliphatic carbocycles. The third-order valence-corrected chi connectivity index (χ3v) is 7.74. The molecule has 2 aliphatic rings. The van der Waals surface area contributed by atoms with Crippen molar-refractivity contribution in [3.05, 3.63) is 88.4 Å². The molecular weight excluding hydrogens is 478 g/mol. The molecule has 0 aromatic heterocycles. The molecule has 8 nitrogen and oxygen atoms in total. The van der Waals surface area contributed by atoms with E-state index in [1.807, 2.05) is 0 Å². The van der Waals surface area contributed by atoms with Gasteiger partial charge >= 0.3 is 0 Å². The van der Waals surface area contributed by atoms with Crippen LogP contribution < -0.4 is 10.6 Å². The molecule has 3 aromatic rings. The number of anilines is 2. The first-order chi connectivity index (χ1) is 16.3. The lowest BCUT2D eigenvalue weighted by molar-refractivity contribution is 0.0863. The summed E-state index contributed by atoms with van der Waals surface area (Å²) in [5.41, 5.74) is 1.11. The summed E-state index contributed by atoms with van der Waals surface area (Å²) in [6.45, 7) is 0. The van der Waals surface area contributed by atoms with Gasteiger partial charge in [0.05, 0.1) is 16.8 Å². The summed E-state index contributed by atoms with van der Waals surface area (Å²) in [5.74, 6) is -1.61. The fourth-order valence-electron chi connectivity index (χ4n) is 3.77. The maximum Gasteiger partial charge on any atom is 0.269 e. The van der Waals surface area contributed by atoms with E-state index in [2.05, 4.69) is 10.6 Å². The van der Waals surface area contributed by atoms with Crippen LogP contribution in [0.2, 0.25) is 5.02 Å². The average molecular weight is 496 g/mol. The SMILES string of the molecule is O=C(Nc1ccccc1C(=O)Nc1ccc(Cl)cc1)c1ccc2c(c1)S(=O)(=O)N(C1CC1)C2=O. The highest BCUT2D eigenvalue weighted by Crippen LogP contribution is 2.39. The molecule has 0 radical (unpaired) electrons. The maximum atomic E-state index is 13.0. The molecule has 5 rings (SSSR count). The molecule has 1 fully saturated rings. The fraction of sp³-hybridized carbons (Fsp3) is 0.125. The number of hydrogen-bond acceptors (Lipinski definition) is 5.